The van der Waals surface area contributed by atoms with E-state index in [1.54, 1.807) is 13.4 Å². The summed E-state index contributed by atoms with van der Waals surface area (Å²) in [6, 6.07) is 19.9. The summed E-state index contributed by atoms with van der Waals surface area (Å²) in [4.78, 5) is 23.2. The van der Waals surface area contributed by atoms with Gasteiger partial charge in [0, 0.05) is 31.3 Å². The molecule has 0 radical (unpaired) electrons. The second-order valence-corrected chi connectivity index (χ2v) is 7.12. The van der Waals surface area contributed by atoms with Gasteiger partial charge >= 0.3 is 0 Å². The number of anilines is 1. The molecule has 6 nitrogen and oxygen atoms in total. The van der Waals surface area contributed by atoms with E-state index in [0.29, 0.717) is 19.6 Å². The van der Waals surface area contributed by atoms with Crippen molar-refractivity contribution < 1.29 is 9.53 Å². The predicted molar refractivity (Wildman–Crippen MR) is 113 cm³/mol. The van der Waals surface area contributed by atoms with Crippen molar-refractivity contribution in [3.63, 3.8) is 0 Å². The summed E-state index contributed by atoms with van der Waals surface area (Å²) in [7, 11) is 1.65. The Morgan fingerprint density at radius 2 is 1.86 bits per heavy atom. The molecule has 0 saturated carbocycles. The number of benzene rings is 2. The molecule has 1 aliphatic rings. The molecule has 0 atom stereocenters. The van der Waals surface area contributed by atoms with Crippen LogP contribution in [-0.2, 0) is 11.2 Å². The van der Waals surface area contributed by atoms with E-state index in [1.165, 1.54) is 5.56 Å². The van der Waals surface area contributed by atoms with Crippen molar-refractivity contribution in [2.24, 2.45) is 5.92 Å². The molecule has 2 heterocycles. The van der Waals surface area contributed by atoms with Crippen molar-refractivity contribution in [2.75, 3.05) is 31.6 Å². The summed E-state index contributed by atoms with van der Waals surface area (Å²) in [6.45, 7) is 1.99. The van der Waals surface area contributed by atoms with E-state index < -0.39 is 0 Å². The van der Waals surface area contributed by atoms with Gasteiger partial charge < -0.3 is 15.0 Å². The predicted octanol–water partition coefficient (Wildman–Crippen LogP) is 2.95. The van der Waals surface area contributed by atoms with E-state index in [9.17, 15) is 4.79 Å². The van der Waals surface area contributed by atoms with Crippen LogP contribution in [0.5, 0.6) is 5.75 Å². The van der Waals surface area contributed by atoms with E-state index >= 15 is 0 Å². The number of methoxy groups -OCH3 is 1. The molecule has 0 bridgehead atoms. The number of nitrogens with one attached hydrogen (secondary N) is 1. The van der Waals surface area contributed by atoms with Gasteiger partial charge in [-0.3, -0.25) is 4.79 Å². The highest BCUT2D eigenvalue weighted by atomic mass is 16.5. The number of nitrogens with zero attached hydrogens (tertiary/aromatic N) is 3. The molecule has 0 spiro atoms. The molecule has 4 rings (SSSR count). The minimum atomic E-state index is 0.000933. The van der Waals surface area contributed by atoms with Crippen molar-refractivity contribution >= 4 is 11.7 Å². The molecule has 148 valence electrons. The van der Waals surface area contributed by atoms with Gasteiger partial charge in [-0.2, -0.15) is 0 Å². The van der Waals surface area contributed by atoms with Crippen LogP contribution in [-0.4, -0.2) is 42.6 Å². The van der Waals surface area contributed by atoms with E-state index in [1.807, 2.05) is 60.7 Å². The van der Waals surface area contributed by atoms with Crippen LogP contribution in [0.1, 0.15) is 5.56 Å². The first-order valence-electron chi connectivity index (χ1n) is 9.76. The van der Waals surface area contributed by atoms with Crippen molar-refractivity contribution in [1.29, 1.82) is 0 Å². The average Bonchev–Trinajstić information content (AvgIpc) is 2.74. The first kappa shape index (κ1) is 18.9. The van der Waals surface area contributed by atoms with Crippen molar-refractivity contribution in [3.8, 4) is 17.0 Å². The molecule has 0 aliphatic carbocycles. The van der Waals surface area contributed by atoms with Crippen molar-refractivity contribution in [1.82, 2.24) is 15.3 Å². The van der Waals surface area contributed by atoms with Gasteiger partial charge in [-0.1, -0.05) is 42.5 Å². The smallest absolute Gasteiger partial charge is 0.226 e. The Bertz CT molecular complexity index is 954. The zero-order valence-corrected chi connectivity index (χ0v) is 16.4. The molecular formula is C23H24N4O2. The fourth-order valence-corrected chi connectivity index (χ4v) is 3.38. The lowest BCUT2D eigenvalue weighted by atomic mass is 9.99. The number of ether oxygens (including phenoxy) is 1. The van der Waals surface area contributed by atoms with Gasteiger partial charge in [0.2, 0.25) is 5.91 Å². The maximum absolute atomic E-state index is 12.4. The minimum absolute atomic E-state index is 0.000933. The summed E-state index contributed by atoms with van der Waals surface area (Å²) in [5.74, 6) is 1.81. The van der Waals surface area contributed by atoms with Crippen molar-refractivity contribution in [3.05, 3.63) is 72.6 Å². The van der Waals surface area contributed by atoms with E-state index in [4.69, 9.17) is 4.74 Å². The maximum atomic E-state index is 12.4. The molecule has 1 N–H and O–H groups in total. The lowest BCUT2D eigenvalue weighted by Gasteiger charge is -2.39. The quantitative estimate of drug-likeness (QED) is 0.674. The van der Waals surface area contributed by atoms with Crippen LogP contribution in [0.25, 0.3) is 11.3 Å². The van der Waals surface area contributed by atoms with Crippen LogP contribution in [0, 0.1) is 5.92 Å². The third-order valence-electron chi connectivity index (χ3n) is 5.17. The molecule has 1 aliphatic heterocycles. The van der Waals surface area contributed by atoms with Gasteiger partial charge in [0.05, 0.1) is 18.7 Å². The monoisotopic (exact) mass is 388 g/mol. The molecule has 0 unspecified atom stereocenters. The summed E-state index contributed by atoms with van der Waals surface area (Å²) in [6.07, 6.45) is 2.39. The van der Waals surface area contributed by atoms with Gasteiger partial charge in [-0.05, 0) is 24.1 Å². The van der Waals surface area contributed by atoms with Gasteiger partial charge in [-0.25, -0.2) is 9.97 Å². The standard InChI is InChI=1S/C23H24N4O2/c1-29-20-9-7-17(8-10-20)11-12-24-23(28)19-14-27(15-19)22-13-21(25-16-26-22)18-5-3-2-4-6-18/h2-10,13,16,19H,11-12,14-15H2,1H3,(H,24,28). The molecule has 1 amide bonds. The zero-order chi connectivity index (χ0) is 20.1. The number of carbonyl (C=O) groups excluding carboxylic acids is 1. The minimum Gasteiger partial charge on any atom is -0.497 e. The van der Waals surface area contributed by atoms with E-state index in [2.05, 4.69) is 20.2 Å². The lowest BCUT2D eigenvalue weighted by Crippen LogP contribution is -2.54. The largest absolute Gasteiger partial charge is 0.497 e. The van der Waals surface area contributed by atoms with E-state index in [0.717, 1.165) is 29.2 Å². The molecule has 1 saturated heterocycles. The molecule has 6 heteroatoms. The summed E-state index contributed by atoms with van der Waals surface area (Å²) in [5.41, 5.74) is 3.13. The Hall–Kier alpha value is -3.41. The SMILES string of the molecule is COc1ccc(CCNC(=O)C2CN(c3cc(-c4ccccc4)ncn3)C2)cc1. The Labute approximate surface area is 170 Å². The Morgan fingerprint density at radius 1 is 1.10 bits per heavy atom. The molecule has 1 fully saturated rings. The second-order valence-electron chi connectivity index (χ2n) is 7.12. The molecule has 2 aromatic carbocycles. The fraction of sp³-hybridized carbons (Fsp3) is 0.261. The first-order valence-corrected chi connectivity index (χ1v) is 9.76. The van der Waals surface area contributed by atoms with Crippen LogP contribution < -0.4 is 15.0 Å². The van der Waals surface area contributed by atoms with Gasteiger partial charge in [0.1, 0.15) is 17.9 Å². The zero-order valence-electron chi connectivity index (χ0n) is 16.4. The van der Waals surface area contributed by atoms with Crippen LogP contribution in [0.4, 0.5) is 5.82 Å². The number of rotatable bonds is 7. The highest BCUT2D eigenvalue weighted by Gasteiger charge is 2.33. The summed E-state index contributed by atoms with van der Waals surface area (Å²) < 4.78 is 5.16. The Morgan fingerprint density at radius 3 is 2.59 bits per heavy atom. The first-order chi connectivity index (χ1) is 14.2. The highest BCUT2D eigenvalue weighted by molar-refractivity contribution is 5.82. The number of hydrogen-bond donors (Lipinski definition) is 1. The normalized spacial score (nSPS) is 13.6. The topological polar surface area (TPSA) is 67.3 Å². The lowest BCUT2D eigenvalue weighted by molar-refractivity contribution is -0.125. The Balaban J connectivity index is 1.25. The van der Waals surface area contributed by atoms with Gasteiger partial charge in [-0.15, -0.1) is 0 Å². The number of hydrogen-bond acceptors (Lipinski definition) is 5. The molecule has 29 heavy (non-hydrogen) atoms. The van der Waals surface area contributed by atoms with Crippen LogP contribution in [0.15, 0.2) is 67.0 Å². The third-order valence-corrected chi connectivity index (χ3v) is 5.17. The molecular weight excluding hydrogens is 364 g/mol. The highest BCUT2D eigenvalue weighted by Crippen LogP contribution is 2.26. The summed E-state index contributed by atoms with van der Waals surface area (Å²) >= 11 is 0. The third kappa shape index (κ3) is 4.54. The van der Waals surface area contributed by atoms with E-state index in [-0.39, 0.29) is 11.8 Å². The van der Waals surface area contributed by atoms with Gasteiger partial charge in [0.25, 0.3) is 0 Å². The Kier molecular flexibility index (Phi) is 5.70. The number of carbonyl (C=O) groups is 1. The second kappa shape index (κ2) is 8.73. The van der Waals surface area contributed by atoms with Crippen LogP contribution in [0.3, 0.4) is 0 Å². The van der Waals surface area contributed by atoms with Crippen molar-refractivity contribution in [2.45, 2.75) is 6.42 Å². The summed E-state index contributed by atoms with van der Waals surface area (Å²) in [5, 5.41) is 3.04. The maximum Gasteiger partial charge on any atom is 0.226 e. The van der Waals surface area contributed by atoms with Crippen LogP contribution >= 0.6 is 0 Å². The average molecular weight is 388 g/mol. The number of amides is 1. The fourth-order valence-electron chi connectivity index (χ4n) is 3.38. The van der Waals surface area contributed by atoms with Gasteiger partial charge in [0.15, 0.2) is 0 Å². The van der Waals surface area contributed by atoms with Crippen LogP contribution in [0.2, 0.25) is 0 Å². The number of aromatic nitrogens is 2. The molecule has 1 aromatic heterocycles. The molecule has 3 aromatic rings.